The van der Waals surface area contributed by atoms with Crippen LogP contribution in [0, 0.1) is 0 Å². The summed E-state index contributed by atoms with van der Waals surface area (Å²) in [7, 11) is 0. The van der Waals surface area contributed by atoms with Crippen LogP contribution in [0.3, 0.4) is 0 Å². The van der Waals surface area contributed by atoms with E-state index in [1.54, 1.807) is 0 Å². The highest BCUT2D eigenvalue weighted by Gasteiger charge is 2.18. The van der Waals surface area contributed by atoms with Crippen molar-refractivity contribution < 1.29 is 19.4 Å². The van der Waals surface area contributed by atoms with Crippen LogP contribution in [0.25, 0.3) is 0 Å². The number of aliphatic carboxylic acids is 1. The van der Waals surface area contributed by atoms with E-state index in [0.717, 1.165) is 5.56 Å². The first-order chi connectivity index (χ1) is 7.59. The number of ether oxygens (including phenoxy) is 1. The molecule has 0 bridgehead atoms. The molecule has 16 heavy (non-hydrogen) atoms. The molecule has 1 unspecified atom stereocenters. The van der Waals surface area contributed by atoms with Gasteiger partial charge in [-0.15, -0.1) is 11.6 Å². The Hall–Kier alpha value is -1.55. The van der Waals surface area contributed by atoms with Crippen LogP contribution in [0.5, 0.6) is 0 Å². The number of benzene rings is 1. The fraction of sp³-hybridized carbons (Fsp3) is 0.273. The lowest BCUT2D eigenvalue weighted by Gasteiger charge is -2.06. The third kappa shape index (κ3) is 4.31. The van der Waals surface area contributed by atoms with Crippen LogP contribution < -0.4 is 0 Å². The molecule has 1 N–H and O–H groups in total. The summed E-state index contributed by atoms with van der Waals surface area (Å²) in [4.78, 5) is 21.5. The molecule has 0 aliphatic heterocycles. The number of hydrogen-bond donors (Lipinski definition) is 1. The fourth-order valence-electron chi connectivity index (χ4n) is 1.03. The number of carboxylic acids is 1. The third-order valence-corrected chi connectivity index (χ3v) is 2.20. The predicted octanol–water partition coefficient (Wildman–Crippen LogP) is 1.81. The van der Waals surface area contributed by atoms with Gasteiger partial charge in [0.25, 0.3) is 0 Å². The van der Waals surface area contributed by atoms with Crippen LogP contribution in [0.15, 0.2) is 30.3 Å². The fourth-order valence-corrected chi connectivity index (χ4v) is 1.16. The van der Waals surface area contributed by atoms with Gasteiger partial charge < -0.3 is 9.84 Å². The molecule has 0 aromatic heterocycles. The van der Waals surface area contributed by atoms with E-state index >= 15 is 0 Å². The van der Waals surface area contributed by atoms with Crippen molar-refractivity contribution >= 4 is 23.5 Å². The van der Waals surface area contributed by atoms with Gasteiger partial charge in [-0.3, -0.25) is 9.59 Å². The summed E-state index contributed by atoms with van der Waals surface area (Å²) in [6, 6.07) is 9.12. The van der Waals surface area contributed by atoms with E-state index in [9.17, 15) is 9.59 Å². The number of carbonyl (C=O) groups is 2. The maximum Gasteiger partial charge on any atom is 0.322 e. The van der Waals surface area contributed by atoms with Gasteiger partial charge >= 0.3 is 11.9 Å². The van der Waals surface area contributed by atoms with E-state index in [1.807, 2.05) is 30.3 Å². The van der Waals surface area contributed by atoms with Gasteiger partial charge in [0.05, 0.1) is 6.42 Å². The molecule has 1 rings (SSSR count). The lowest BCUT2D eigenvalue weighted by Crippen LogP contribution is -2.19. The van der Waals surface area contributed by atoms with Crippen molar-refractivity contribution in [2.75, 3.05) is 0 Å². The number of hydrogen-bond acceptors (Lipinski definition) is 3. The largest absolute Gasteiger partial charge is 0.480 e. The van der Waals surface area contributed by atoms with Crippen molar-refractivity contribution in [1.82, 2.24) is 0 Å². The maximum atomic E-state index is 11.2. The summed E-state index contributed by atoms with van der Waals surface area (Å²) < 4.78 is 4.86. The van der Waals surface area contributed by atoms with Crippen molar-refractivity contribution in [3.05, 3.63) is 35.9 Å². The van der Waals surface area contributed by atoms with Crippen LogP contribution in [0.4, 0.5) is 0 Å². The predicted molar refractivity (Wildman–Crippen MR) is 58.1 cm³/mol. The second kappa shape index (κ2) is 6.12. The first-order valence-electron chi connectivity index (χ1n) is 4.66. The van der Waals surface area contributed by atoms with Crippen molar-refractivity contribution in [2.45, 2.75) is 18.4 Å². The molecule has 1 atom stereocenters. The minimum absolute atomic E-state index is 0.128. The minimum atomic E-state index is -1.23. The summed E-state index contributed by atoms with van der Waals surface area (Å²) in [6.45, 7) is 0.128. The SMILES string of the molecule is O=C(CC(Cl)C(=O)O)OCc1ccccc1. The lowest BCUT2D eigenvalue weighted by molar-refractivity contribution is -0.148. The number of halogens is 1. The number of esters is 1. The highest BCUT2D eigenvalue weighted by atomic mass is 35.5. The monoisotopic (exact) mass is 242 g/mol. The van der Waals surface area contributed by atoms with Gasteiger partial charge in [0.2, 0.25) is 0 Å². The molecule has 86 valence electrons. The highest BCUT2D eigenvalue weighted by Crippen LogP contribution is 2.06. The average molecular weight is 243 g/mol. The van der Waals surface area contributed by atoms with Gasteiger partial charge in [-0.2, -0.15) is 0 Å². The molecule has 0 spiro atoms. The molecule has 5 heteroatoms. The van der Waals surface area contributed by atoms with Gasteiger partial charge in [-0.05, 0) is 5.56 Å². The smallest absolute Gasteiger partial charge is 0.322 e. The molecule has 0 aliphatic rings. The topological polar surface area (TPSA) is 63.6 Å². The van der Waals surface area contributed by atoms with Gasteiger partial charge in [-0.1, -0.05) is 30.3 Å². The molecule has 1 aromatic rings. The number of carboxylic acid groups (broad SMARTS) is 1. The molecular formula is C11H11ClO4. The summed E-state index contributed by atoms with van der Waals surface area (Å²) >= 11 is 5.39. The Balaban J connectivity index is 2.33. The molecule has 0 saturated heterocycles. The van der Waals surface area contributed by atoms with Gasteiger partial charge in [0, 0.05) is 0 Å². The zero-order chi connectivity index (χ0) is 12.0. The summed E-state index contributed by atoms with van der Waals surface area (Å²) in [5.41, 5.74) is 0.845. The standard InChI is InChI=1S/C11H11ClO4/c12-9(11(14)15)6-10(13)16-7-8-4-2-1-3-5-8/h1-5,9H,6-7H2,(H,14,15). The summed E-state index contributed by atoms with van der Waals surface area (Å²) in [5, 5.41) is 7.24. The normalized spacial score (nSPS) is 11.8. The van der Waals surface area contributed by atoms with Gasteiger partial charge in [0.15, 0.2) is 0 Å². The second-order valence-corrected chi connectivity index (χ2v) is 3.68. The Morgan fingerprint density at radius 1 is 1.31 bits per heavy atom. The Kier molecular flexibility index (Phi) is 4.79. The molecule has 0 fully saturated rings. The molecule has 0 heterocycles. The van der Waals surface area contributed by atoms with Crippen LogP contribution in [0.1, 0.15) is 12.0 Å². The number of rotatable bonds is 5. The summed E-state index contributed by atoms with van der Waals surface area (Å²) in [5.74, 6) is -1.84. The van der Waals surface area contributed by atoms with E-state index in [4.69, 9.17) is 21.4 Å². The zero-order valence-electron chi connectivity index (χ0n) is 8.43. The molecule has 0 saturated carbocycles. The lowest BCUT2D eigenvalue weighted by atomic mass is 10.2. The van der Waals surface area contributed by atoms with Crippen LogP contribution in [0.2, 0.25) is 0 Å². The van der Waals surface area contributed by atoms with E-state index in [-0.39, 0.29) is 13.0 Å². The van der Waals surface area contributed by atoms with Crippen molar-refractivity contribution in [3.63, 3.8) is 0 Å². The highest BCUT2D eigenvalue weighted by molar-refractivity contribution is 6.30. The molecule has 0 amide bonds. The van der Waals surface area contributed by atoms with Crippen molar-refractivity contribution in [2.24, 2.45) is 0 Å². The zero-order valence-corrected chi connectivity index (χ0v) is 9.18. The maximum absolute atomic E-state index is 11.2. The van der Waals surface area contributed by atoms with E-state index in [0.29, 0.717) is 0 Å². The van der Waals surface area contributed by atoms with E-state index in [1.165, 1.54) is 0 Å². The summed E-state index contributed by atoms with van der Waals surface area (Å²) in [6.07, 6.45) is -0.330. The number of carbonyl (C=O) groups excluding carboxylic acids is 1. The molecule has 1 aromatic carbocycles. The molecular weight excluding hydrogens is 232 g/mol. The average Bonchev–Trinajstić information content (AvgIpc) is 2.27. The first kappa shape index (κ1) is 12.5. The van der Waals surface area contributed by atoms with Crippen LogP contribution >= 0.6 is 11.6 Å². The number of alkyl halides is 1. The Labute approximate surface area is 97.8 Å². The van der Waals surface area contributed by atoms with Gasteiger partial charge in [0.1, 0.15) is 12.0 Å². The van der Waals surface area contributed by atoms with Crippen molar-refractivity contribution in [3.8, 4) is 0 Å². The first-order valence-corrected chi connectivity index (χ1v) is 5.09. The molecule has 4 nitrogen and oxygen atoms in total. The van der Waals surface area contributed by atoms with Crippen LogP contribution in [-0.4, -0.2) is 22.4 Å². The van der Waals surface area contributed by atoms with E-state index < -0.39 is 17.3 Å². The Bertz CT molecular complexity index is 364. The van der Waals surface area contributed by atoms with Crippen LogP contribution in [-0.2, 0) is 20.9 Å². The Morgan fingerprint density at radius 3 is 2.50 bits per heavy atom. The quantitative estimate of drug-likeness (QED) is 0.632. The molecule has 0 aliphatic carbocycles. The van der Waals surface area contributed by atoms with Crippen molar-refractivity contribution in [1.29, 1.82) is 0 Å². The second-order valence-electron chi connectivity index (χ2n) is 3.16. The van der Waals surface area contributed by atoms with E-state index in [2.05, 4.69) is 0 Å². The minimum Gasteiger partial charge on any atom is -0.480 e. The Morgan fingerprint density at radius 2 is 1.94 bits per heavy atom. The van der Waals surface area contributed by atoms with Gasteiger partial charge in [-0.25, -0.2) is 0 Å². The third-order valence-electron chi connectivity index (χ3n) is 1.86. The molecule has 0 radical (unpaired) electrons.